The van der Waals surface area contributed by atoms with Crippen LogP contribution in [0.25, 0.3) is 11.3 Å². The third-order valence-corrected chi connectivity index (χ3v) is 4.06. The molecule has 2 aromatic carbocycles. The number of carbonyl (C=O) groups is 1. The van der Waals surface area contributed by atoms with Crippen LogP contribution in [0.4, 0.5) is 20.2 Å². The highest BCUT2D eigenvalue weighted by Gasteiger charge is 2.22. The van der Waals surface area contributed by atoms with Crippen LogP contribution < -0.4 is 10.9 Å². The predicted octanol–water partition coefficient (Wildman–Crippen LogP) is 4.15. The number of halogens is 2. The molecule has 0 unspecified atom stereocenters. The zero-order valence-electron chi connectivity index (χ0n) is 14.8. The van der Waals surface area contributed by atoms with E-state index in [1.54, 1.807) is 13.0 Å². The van der Waals surface area contributed by atoms with Crippen LogP contribution in [0.3, 0.4) is 0 Å². The number of rotatable bonds is 5. The number of carbonyl (C=O) groups excluding carboxylic acids is 1. The van der Waals surface area contributed by atoms with Crippen LogP contribution in [0.5, 0.6) is 0 Å². The van der Waals surface area contributed by atoms with E-state index < -0.39 is 23.0 Å². The molecule has 1 aromatic heterocycles. The standard InChI is InChI=1S/C20H17F2N3O2/c1-3-25-20(27)19(23-16-7-5-4-6-15(16)22)17(12(2)26)18(24-25)13-8-10-14(21)11-9-13/h4-11,23H,3H2,1-2H3. The van der Waals surface area contributed by atoms with E-state index in [0.29, 0.717) is 5.56 Å². The molecular formula is C20H17F2N3O2. The van der Waals surface area contributed by atoms with E-state index in [1.807, 2.05) is 0 Å². The molecule has 0 fully saturated rings. The van der Waals surface area contributed by atoms with Crippen LogP contribution in [0.1, 0.15) is 24.2 Å². The fourth-order valence-electron chi connectivity index (χ4n) is 2.75. The summed E-state index contributed by atoms with van der Waals surface area (Å²) in [4.78, 5) is 25.1. The van der Waals surface area contributed by atoms with Crippen LogP contribution in [0, 0.1) is 11.6 Å². The zero-order valence-corrected chi connectivity index (χ0v) is 14.8. The first-order valence-corrected chi connectivity index (χ1v) is 8.36. The maximum atomic E-state index is 14.1. The van der Waals surface area contributed by atoms with Gasteiger partial charge in [-0.1, -0.05) is 12.1 Å². The van der Waals surface area contributed by atoms with Crippen molar-refractivity contribution in [2.75, 3.05) is 5.32 Å². The van der Waals surface area contributed by atoms with E-state index >= 15 is 0 Å². The fourth-order valence-corrected chi connectivity index (χ4v) is 2.75. The van der Waals surface area contributed by atoms with Gasteiger partial charge in [0.05, 0.1) is 11.3 Å². The lowest BCUT2D eigenvalue weighted by Gasteiger charge is -2.16. The summed E-state index contributed by atoms with van der Waals surface area (Å²) in [5.74, 6) is -1.41. The summed E-state index contributed by atoms with van der Waals surface area (Å²) in [6.45, 7) is 3.27. The summed E-state index contributed by atoms with van der Waals surface area (Å²) >= 11 is 0. The molecule has 3 rings (SSSR count). The molecule has 0 radical (unpaired) electrons. The zero-order chi connectivity index (χ0) is 19.6. The topological polar surface area (TPSA) is 64.0 Å². The summed E-state index contributed by atoms with van der Waals surface area (Å²) in [7, 11) is 0. The number of aryl methyl sites for hydroxylation is 1. The van der Waals surface area contributed by atoms with Gasteiger partial charge in [0.15, 0.2) is 5.78 Å². The van der Waals surface area contributed by atoms with Gasteiger partial charge in [0, 0.05) is 12.1 Å². The summed E-state index contributed by atoms with van der Waals surface area (Å²) < 4.78 is 28.5. The molecular weight excluding hydrogens is 352 g/mol. The number of nitrogens with one attached hydrogen (secondary N) is 1. The van der Waals surface area contributed by atoms with Crippen molar-refractivity contribution in [3.05, 3.63) is 76.1 Å². The number of anilines is 2. The first-order chi connectivity index (χ1) is 12.9. The van der Waals surface area contributed by atoms with Crippen LogP contribution in [0.15, 0.2) is 53.3 Å². The Labute approximate surface area is 154 Å². The van der Waals surface area contributed by atoms with Gasteiger partial charge in [-0.25, -0.2) is 13.5 Å². The number of hydrogen-bond acceptors (Lipinski definition) is 4. The Morgan fingerprint density at radius 3 is 2.37 bits per heavy atom. The molecule has 1 N–H and O–H groups in total. The minimum absolute atomic E-state index is 0.0274. The number of ketones is 1. The Morgan fingerprint density at radius 2 is 1.78 bits per heavy atom. The van der Waals surface area contributed by atoms with E-state index in [2.05, 4.69) is 10.4 Å². The summed E-state index contributed by atoms with van der Waals surface area (Å²) in [5, 5.41) is 7.01. The van der Waals surface area contributed by atoms with Gasteiger partial charge in [-0.05, 0) is 50.2 Å². The minimum atomic E-state index is -0.561. The molecule has 0 spiro atoms. The summed E-state index contributed by atoms with van der Waals surface area (Å²) in [6, 6.07) is 11.3. The molecule has 0 saturated carbocycles. The van der Waals surface area contributed by atoms with Gasteiger partial charge in [0.1, 0.15) is 23.0 Å². The average Bonchev–Trinajstić information content (AvgIpc) is 2.65. The summed E-state index contributed by atoms with van der Waals surface area (Å²) in [5.41, 5.74) is 0.180. The number of Topliss-reactive ketones (excluding diaryl/α,β-unsaturated/α-hetero) is 1. The fraction of sp³-hybridized carbons (Fsp3) is 0.150. The predicted molar refractivity (Wildman–Crippen MR) is 99.3 cm³/mol. The number of para-hydroxylation sites is 1. The van der Waals surface area contributed by atoms with Crippen molar-refractivity contribution < 1.29 is 13.6 Å². The van der Waals surface area contributed by atoms with Crippen molar-refractivity contribution >= 4 is 17.2 Å². The van der Waals surface area contributed by atoms with Crippen LogP contribution in [0.2, 0.25) is 0 Å². The first kappa shape index (κ1) is 18.4. The highest BCUT2D eigenvalue weighted by atomic mass is 19.1. The molecule has 1 heterocycles. The lowest BCUT2D eigenvalue weighted by molar-refractivity contribution is 0.101. The van der Waals surface area contributed by atoms with Gasteiger partial charge in [-0.3, -0.25) is 9.59 Å². The van der Waals surface area contributed by atoms with Gasteiger partial charge < -0.3 is 5.32 Å². The van der Waals surface area contributed by atoms with E-state index in [0.717, 1.165) is 0 Å². The van der Waals surface area contributed by atoms with Crippen molar-refractivity contribution in [3.8, 4) is 11.3 Å². The molecule has 7 heteroatoms. The minimum Gasteiger partial charge on any atom is -0.348 e. The van der Waals surface area contributed by atoms with Crippen molar-refractivity contribution in [2.45, 2.75) is 20.4 Å². The van der Waals surface area contributed by atoms with Crippen molar-refractivity contribution in [3.63, 3.8) is 0 Å². The van der Waals surface area contributed by atoms with Crippen molar-refractivity contribution in [2.24, 2.45) is 0 Å². The smallest absolute Gasteiger partial charge is 0.291 e. The lowest BCUT2D eigenvalue weighted by atomic mass is 10.0. The SMILES string of the molecule is CCn1nc(-c2ccc(F)cc2)c(C(C)=O)c(Nc2ccccc2F)c1=O. The summed E-state index contributed by atoms with van der Waals surface area (Å²) in [6.07, 6.45) is 0. The number of nitrogens with zero attached hydrogens (tertiary/aromatic N) is 2. The molecule has 0 aliphatic carbocycles. The third kappa shape index (κ3) is 3.62. The number of aromatic nitrogens is 2. The van der Waals surface area contributed by atoms with Gasteiger partial charge in [0.25, 0.3) is 5.56 Å². The monoisotopic (exact) mass is 369 g/mol. The van der Waals surface area contributed by atoms with Gasteiger partial charge in [-0.2, -0.15) is 5.10 Å². The second-order valence-electron chi connectivity index (χ2n) is 5.89. The maximum Gasteiger partial charge on any atom is 0.291 e. The Balaban J connectivity index is 2.29. The molecule has 0 aliphatic heterocycles. The molecule has 0 atom stereocenters. The Morgan fingerprint density at radius 1 is 1.11 bits per heavy atom. The molecule has 3 aromatic rings. The Hall–Kier alpha value is -3.35. The van der Waals surface area contributed by atoms with E-state index in [9.17, 15) is 18.4 Å². The second kappa shape index (κ2) is 7.49. The third-order valence-electron chi connectivity index (χ3n) is 4.06. The maximum absolute atomic E-state index is 14.1. The molecule has 0 amide bonds. The van der Waals surface area contributed by atoms with Crippen LogP contribution >= 0.6 is 0 Å². The van der Waals surface area contributed by atoms with Crippen molar-refractivity contribution in [1.82, 2.24) is 9.78 Å². The van der Waals surface area contributed by atoms with E-state index in [-0.39, 0.29) is 29.2 Å². The van der Waals surface area contributed by atoms with Crippen LogP contribution in [-0.2, 0) is 6.54 Å². The van der Waals surface area contributed by atoms with E-state index in [1.165, 1.54) is 54.1 Å². The van der Waals surface area contributed by atoms with Crippen LogP contribution in [-0.4, -0.2) is 15.6 Å². The number of hydrogen-bond donors (Lipinski definition) is 1. The quantitative estimate of drug-likeness (QED) is 0.686. The van der Waals surface area contributed by atoms with Gasteiger partial charge >= 0.3 is 0 Å². The molecule has 138 valence electrons. The molecule has 0 saturated heterocycles. The van der Waals surface area contributed by atoms with Gasteiger partial charge in [0.2, 0.25) is 0 Å². The van der Waals surface area contributed by atoms with Gasteiger partial charge in [-0.15, -0.1) is 0 Å². The highest BCUT2D eigenvalue weighted by molar-refractivity contribution is 6.05. The van der Waals surface area contributed by atoms with E-state index in [4.69, 9.17) is 0 Å². The molecule has 0 bridgehead atoms. The lowest BCUT2D eigenvalue weighted by Crippen LogP contribution is -2.28. The average molecular weight is 369 g/mol. The largest absolute Gasteiger partial charge is 0.348 e. The first-order valence-electron chi connectivity index (χ1n) is 8.36. The Kier molecular flexibility index (Phi) is 5.12. The number of benzene rings is 2. The highest BCUT2D eigenvalue weighted by Crippen LogP contribution is 2.28. The molecule has 5 nitrogen and oxygen atoms in total. The Bertz CT molecular complexity index is 1060. The molecule has 0 aliphatic rings. The normalized spacial score (nSPS) is 10.7. The van der Waals surface area contributed by atoms with Crippen molar-refractivity contribution in [1.29, 1.82) is 0 Å². The molecule has 27 heavy (non-hydrogen) atoms. The second-order valence-corrected chi connectivity index (χ2v) is 5.89.